The number of nitrogens with zero attached hydrogens (tertiary/aromatic N) is 1. The van der Waals surface area contributed by atoms with Crippen LogP contribution in [0.5, 0.6) is 5.75 Å². The van der Waals surface area contributed by atoms with Gasteiger partial charge in [-0.25, -0.2) is 4.98 Å². The summed E-state index contributed by atoms with van der Waals surface area (Å²) in [6.45, 7) is 4.10. The summed E-state index contributed by atoms with van der Waals surface area (Å²) >= 11 is 6.30. The van der Waals surface area contributed by atoms with E-state index in [1.54, 1.807) is 0 Å². The molecule has 0 aliphatic heterocycles. The Hall–Kier alpha value is -2.10. The van der Waals surface area contributed by atoms with E-state index in [2.05, 4.69) is 28.5 Å². The molecule has 0 spiro atoms. The Morgan fingerprint density at radius 1 is 1.04 bits per heavy atom. The Morgan fingerprint density at radius 2 is 1.87 bits per heavy atom. The molecule has 23 heavy (non-hydrogen) atoms. The summed E-state index contributed by atoms with van der Waals surface area (Å²) in [7, 11) is 0. The fourth-order valence-corrected chi connectivity index (χ4v) is 2.71. The molecule has 3 aromatic rings. The molecule has 0 radical (unpaired) electrons. The van der Waals surface area contributed by atoms with Crippen LogP contribution in [0.4, 0.5) is 0 Å². The van der Waals surface area contributed by atoms with Crippen LogP contribution in [-0.4, -0.2) is 11.6 Å². The molecular weight excluding hydrogens is 308 g/mol. The van der Waals surface area contributed by atoms with Crippen molar-refractivity contribution in [2.45, 2.75) is 20.0 Å². The first-order valence-electron chi connectivity index (χ1n) is 7.73. The van der Waals surface area contributed by atoms with Gasteiger partial charge in [-0.3, -0.25) is 0 Å². The summed E-state index contributed by atoms with van der Waals surface area (Å²) in [4.78, 5) is 4.47. The monoisotopic (exact) mass is 326 g/mol. The Balaban J connectivity index is 1.75. The van der Waals surface area contributed by atoms with Gasteiger partial charge >= 0.3 is 0 Å². The van der Waals surface area contributed by atoms with Crippen molar-refractivity contribution in [2.75, 3.05) is 6.61 Å². The number of halogens is 1. The first-order valence-corrected chi connectivity index (χ1v) is 8.10. The molecule has 118 valence electrons. The van der Waals surface area contributed by atoms with Crippen molar-refractivity contribution < 1.29 is 4.74 Å². The Bertz CT molecular complexity index is 790. The van der Waals surface area contributed by atoms with Crippen LogP contribution in [-0.2, 0) is 13.1 Å². The van der Waals surface area contributed by atoms with E-state index in [1.165, 1.54) is 5.56 Å². The lowest BCUT2D eigenvalue weighted by Crippen LogP contribution is -2.13. The number of hydrogen-bond acceptors (Lipinski definition) is 3. The highest BCUT2D eigenvalue weighted by molar-refractivity contribution is 6.30. The minimum Gasteiger partial charge on any atom is -0.494 e. The summed E-state index contributed by atoms with van der Waals surface area (Å²) in [5, 5.41) is 4.99. The Labute approximate surface area is 141 Å². The van der Waals surface area contributed by atoms with Crippen molar-refractivity contribution in [1.82, 2.24) is 10.3 Å². The molecule has 0 amide bonds. The van der Waals surface area contributed by atoms with Gasteiger partial charge in [0.05, 0.1) is 12.1 Å². The van der Waals surface area contributed by atoms with Gasteiger partial charge in [0.25, 0.3) is 0 Å². The van der Waals surface area contributed by atoms with E-state index in [9.17, 15) is 0 Å². The van der Waals surface area contributed by atoms with Gasteiger partial charge in [-0.2, -0.15) is 0 Å². The molecule has 4 heteroatoms. The maximum atomic E-state index is 6.30. The first kappa shape index (κ1) is 15.8. The topological polar surface area (TPSA) is 34.1 Å². The van der Waals surface area contributed by atoms with Crippen LogP contribution in [0.15, 0.2) is 54.6 Å². The zero-order valence-electron chi connectivity index (χ0n) is 13.1. The number of fused-ring (bicyclic) bond motifs is 1. The summed E-state index contributed by atoms with van der Waals surface area (Å²) in [5.41, 5.74) is 3.12. The van der Waals surface area contributed by atoms with Crippen LogP contribution >= 0.6 is 11.6 Å². The average Bonchev–Trinajstić information content (AvgIpc) is 2.57. The molecule has 1 aromatic heterocycles. The molecule has 3 rings (SSSR count). The van der Waals surface area contributed by atoms with Gasteiger partial charge in [-0.15, -0.1) is 0 Å². The maximum Gasteiger partial charge on any atom is 0.134 e. The Kier molecular flexibility index (Phi) is 5.11. The highest BCUT2D eigenvalue weighted by Crippen LogP contribution is 2.24. The van der Waals surface area contributed by atoms with E-state index < -0.39 is 0 Å². The predicted octanol–water partition coefficient (Wildman–Crippen LogP) is 4.58. The molecule has 0 saturated carbocycles. The fourth-order valence-electron chi connectivity index (χ4n) is 2.49. The molecule has 1 heterocycles. The number of rotatable bonds is 6. The van der Waals surface area contributed by atoms with E-state index in [0.29, 0.717) is 18.3 Å². The number of pyridine rings is 1. The molecule has 0 fully saturated rings. The third-order valence-electron chi connectivity index (χ3n) is 3.61. The molecule has 0 atom stereocenters. The summed E-state index contributed by atoms with van der Waals surface area (Å²) < 4.78 is 5.55. The third-order valence-corrected chi connectivity index (χ3v) is 3.94. The highest BCUT2D eigenvalue weighted by Gasteiger charge is 2.06. The minimum atomic E-state index is 0.544. The van der Waals surface area contributed by atoms with E-state index >= 15 is 0 Å². The third kappa shape index (κ3) is 4.01. The number of benzene rings is 2. The van der Waals surface area contributed by atoms with Crippen molar-refractivity contribution in [2.24, 2.45) is 0 Å². The molecule has 1 N–H and O–H groups in total. The standard InChI is InChI=1S/C19H19ClN2O/c1-2-23-17-8-9-18-15(11-17)10-16(19(20)22-18)13-21-12-14-6-4-3-5-7-14/h3-11,21H,2,12-13H2,1H3. The molecule has 0 saturated heterocycles. The van der Waals surface area contributed by atoms with Crippen LogP contribution in [0.3, 0.4) is 0 Å². The smallest absolute Gasteiger partial charge is 0.134 e. The Morgan fingerprint density at radius 3 is 2.65 bits per heavy atom. The van der Waals surface area contributed by atoms with E-state index in [4.69, 9.17) is 16.3 Å². The second-order valence-electron chi connectivity index (χ2n) is 5.31. The highest BCUT2D eigenvalue weighted by atomic mass is 35.5. The number of nitrogens with one attached hydrogen (secondary N) is 1. The van der Waals surface area contributed by atoms with E-state index in [0.717, 1.165) is 28.8 Å². The van der Waals surface area contributed by atoms with Crippen LogP contribution in [0.2, 0.25) is 5.15 Å². The molecule has 0 aliphatic rings. The molecule has 3 nitrogen and oxygen atoms in total. The number of aromatic nitrogens is 1. The molecule has 0 aliphatic carbocycles. The first-order chi connectivity index (χ1) is 11.3. The second kappa shape index (κ2) is 7.44. The van der Waals surface area contributed by atoms with Gasteiger partial charge in [-0.05, 0) is 36.8 Å². The lowest BCUT2D eigenvalue weighted by Gasteiger charge is -2.09. The van der Waals surface area contributed by atoms with E-state index in [-0.39, 0.29) is 0 Å². The minimum absolute atomic E-state index is 0.544. The molecule has 2 aromatic carbocycles. The van der Waals surface area contributed by atoms with Gasteiger partial charge in [0.15, 0.2) is 0 Å². The van der Waals surface area contributed by atoms with Crippen LogP contribution < -0.4 is 10.1 Å². The number of hydrogen-bond donors (Lipinski definition) is 1. The predicted molar refractivity (Wildman–Crippen MR) is 94.9 cm³/mol. The molecular formula is C19H19ClN2O. The molecule has 0 unspecified atom stereocenters. The second-order valence-corrected chi connectivity index (χ2v) is 5.67. The lowest BCUT2D eigenvalue weighted by molar-refractivity contribution is 0.340. The average molecular weight is 327 g/mol. The quantitative estimate of drug-likeness (QED) is 0.673. The van der Waals surface area contributed by atoms with Crippen LogP contribution in [0, 0.1) is 0 Å². The molecule has 0 bridgehead atoms. The van der Waals surface area contributed by atoms with Gasteiger partial charge in [0.1, 0.15) is 10.9 Å². The normalized spacial score (nSPS) is 10.9. The van der Waals surface area contributed by atoms with Crippen LogP contribution in [0.1, 0.15) is 18.1 Å². The van der Waals surface area contributed by atoms with Crippen LogP contribution in [0.25, 0.3) is 10.9 Å². The zero-order valence-corrected chi connectivity index (χ0v) is 13.8. The van der Waals surface area contributed by atoms with Crippen molar-refractivity contribution >= 4 is 22.5 Å². The summed E-state index contributed by atoms with van der Waals surface area (Å²) in [6.07, 6.45) is 0. The SMILES string of the molecule is CCOc1ccc2nc(Cl)c(CNCc3ccccc3)cc2c1. The van der Waals surface area contributed by atoms with Gasteiger partial charge < -0.3 is 10.1 Å². The number of ether oxygens (including phenoxy) is 1. The fraction of sp³-hybridized carbons (Fsp3) is 0.211. The lowest BCUT2D eigenvalue weighted by atomic mass is 10.1. The van der Waals surface area contributed by atoms with Gasteiger partial charge in [0.2, 0.25) is 0 Å². The zero-order chi connectivity index (χ0) is 16.1. The van der Waals surface area contributed by atoms with Crippen molar-refractivity contribution in [3.8, 4) is 5.75 Å². The van der Waals surface area contributed by atoms with Crippen molar-refractivity contribution in [1.29, 1.82) is 0 Å². The van der Waals surface area contributed by atoms with Gasteiger partial charge in [0, 0.05) is 24.0 Å². The summed E-state index contributed by atoms with van der Waals surface area (Å²) in [5.74, 6) is 0.854. The maximum absolute atomic E-state index is 6.30. The van der Waals surface area contributed by atoms with Crippen molar-refractivity contribution in [3.63, 3.8) is 0 Å². The van der Waals surface area contributed by atoms with Crippen molar-refractivity contribution in [3.05, 3.63) is 70.9 Å². The van der Waals surface area contributed by atoms with Gasteiger partial charge in [-0.1, -0.05) is 41.9 Å². The van der Waals surface area contributed by atoms with E-state index in [1.807, 2.05) is 43.3 Å². The largest absolute Gasteiger partial charge is 0.494 e. The summed E-state index contributed by atoms with van der Waals surface area (Å²) in [6, 6.07) is 18.2.